The van der Waals surface area contributed by atoms with Crippen molar-refractivity contribution in [2.24, 2.45) is 0 Å². The third kappa shape index (κ3) is 5.96. The summed E-state index contributed by atoms with van der Waals surface area (Å²) in [6.07, 6.45) is 0. The Balaban J connectivity index is 1.07. The van der Waals surface area contributed by atoms with Crippen LogP contribution in [0.25, 0.3) is 112 Å². The van der Waals surface area contributed by atoms with Gasteiger partial charge in [0.15, 0.2) is 11.6 Å². The maximum absolute atomic E-state index is 5.33. The molecule has 62 heavy (non-hydrogen) atoms. The van der Waals surface area contributed by atoms with Gasteiger partial charge in [-0.3, -0.25) is 4.57 Å². The van der Waals surface area contributed by atoms with Crippen LogP contribution in [0.15, 0.2) is 218 Å². The number of para-hydroxylation sites is 3. The molecule has 6 nitrogen and oxygen atoms in total. The molecule has 4 aromatic heterocycles. The number of fused-ring (bicyclic) bond motifs is 6. The van der Waals surface area contributed by atoms with E-state index in [0.29, 0.717) is 17.6 Å². The number of hydrogen-bond acceptors (Lipinski definition) is 4. The van der Waals surface area contributed by atoms with E-state index >= 15 is 0 Å². The number of pyridine rings is 1. The van der Waals surface area contributed by atoms with E-state index in [1.54, 1.807) is 0 Å². The Morgan fingerprint density at radius 3 is 1.42 bits per heavy atom. The lowest BCUT2D eigenvalue weighted by Gasteiger charge is -2.14. The summed E-state index contributed by atoms with van der Waals surface area (Å²) in [5, 5.41) is 4.51. The Bertz CT molecular complexity index is 3570. The highest BCUT2D eigenvalue weighted by Gasteiger charge is 2.22. The van der Waals surface area contributed by atoms with Gasteiger partial charge in [-0.25, -0.2) is 9.97 Å². The molecule has 0 fully saturated rings. The Labute approximate surface area is 357 Å². The van der Waals surface area contributed by atoms with Crippen LogP contribution in [0.5, 0.6) is 0 Å². The van der Waals surface area contributed by atoms with Gasteiger partial charge in [0.25, 0.3) is 0 Å². The lowest BCUT2D eigenvalue weighted by atomic mass is 10.0. The molecule has 0 saturated carbocycles. The first-order valence-electron chi connectivity index (χ1n) is 20.8. The maximum atomic E-state index is 5.33. The number of benzene rings is 8. The highest BCUT2D eigenvalue weighted by molar-refractivity contribution is 6.19. The standard InChI is InChI=1S/C56H36N6/c1-4-18-37(19-5-1)40-24-16-25-41(34-40)47-29-17-30-48(57-47)44-28-12-15-33-51(44)61-49-31-13-10-26-42(49)45-36-53-46(35-52(45)61)43-27-11-14-32-50(43)62(53)56-59-54(38-20-6-2-7-21-38)58-55(60-56)39-22-8-3-9-23-39/h1-36H. The van der Waals surface area contributed by atoms with Crippen molar-refractivity contribution in [2.45, 2.75) is 0 Å². The molecular formula is C56H36N6. The predicted octanol–water partition coefficient (Wildman–Crippen LogP) is 13.8. The Kier molecular flexibility index (Phi) is 8.38. The molecule has 0 radical (unpaired) electrons. The predicted molar refractivity (Wildman–Crippen MR) is 253 cm³/mol. The van der Waals surface area contributed by atoms with Gasteiger partial charge < -0.3 is 4.57 Å². The van der Waals surface area contributed by atoms with Gasteiger partial charge >= 0.3 is 0 Å². The molecule has 12 aromatic rings. The first-order chi connectivity index (χ1) is 30.7. The Morgan fingerprint density at radius 1 is 0.274 bits per heavy atom. The van der Waals surface area contributed by atoms with E-state index < -0.39 is 0 Å². The van der Waals surface area contributed by atoms with E-state index in [1.807, 2.05) is 66.7 Å². The molecule has 0 saturated heterocycles. The topological polar surface area (TPSA) is 61.4 Å². The first kappa shape index (κ1) is 35.5. The molecule has 0 atom stereocenters. The normalized spacial score (nSPS) is 11.5. The lowest BCUT2D eigenvalue weighted by Crippen LogP contribution is -2.06. The number of rotatable bonds is 7. The lowest BCUT2D eigenvalue weighted by molar-refractivity contribution is 0.954. The van der Waals surface area contributed by atoms with Crippen LogP contribution in [0.2, 0.25) is 0 Å². The SMILES string of the molecule is c1ccc(-c2cccc(-c3cccc(-c4ccccc4-n4c5ccccc5c5cc6c(cc54)c4ccccc4n6-c4nc(-c5ccccc5)nc(-c5ccccc5)n4)n3)c2)cc1. The fourth-order valence-corrected chi connectivity index (χ4v) is 8.92. The molecular weight excluding hydrogens is 757 g/mol. The largest absolute Gasteiger partial charge is 0.309 e. The van der Waals surface area contributed by atoms with Gasteiger partial charge in [0.1, 0.15) is 0 Å². The van der Waals surface area contributed by atoms with Crippen molar-refractivity contribution in [1.29, 1.82) is 0 Å². The summed E-state index contributed by atoms with van der Waals surface area (Å²) in [5.74, 6) is 1.81. The van der Waals surface area contributed by atoms with E-state index in [-0.39, 0.29) is 0 Å². The number of hydrogen-bond donors (Lipinski definition) is 0. The van der Waals surface area contributed by atoms with Crippen LogP contribution in [0, 0.1) is 0 Å². The third-order valence-electron chi connectivity index (χ3n) is 11.8. The highest BCUT2D eigenvalue weighted by Crippen LogP contribution is 2.41. The molecule has 12 rings (SSSR count). The third-order valence-corrected chi connectivity index (χ3v) is 11.8. The molecule has 290 valence electrons. The second-order valence-corrected chi connectivity index (χ2v) is 15.5. The minimum absolute atomic E-state index is 0.567. The number of aromatic nitrogens is 6. The molecule has 0 aliphatic carbocycles. The van der Waals surface area contributed by atoms with Crippen molar-refractivity contribution in [3.05, 3.63) is 218 Å². The van der Waals surface area contributed by atoms with Crippen LogP contribution < -0.4 is 0 Å². The van der Waals surface area contributed by atoms with Gasteiger partial charge in [0, 0.05) is 43.8 Å². The molecule has 0 aliphatic rings. The molecule has 0 unspecified atom stereocenters. The zero-order chi connectivity index (χ0) is 41.0. The monoisotopic (exact) mass is 792 g/mol. The summed E-state index contributed by atoms with van der Waals surface area (Å²) in [4.78, 5) is 20.7. The van der Waals surface area contributed by atoms with Crippen LogP contribution in [-0.4, -0.2) is 29.1 Å². The number of nitrogens with zero attached hydrogens (tertiary/aromatic N) is 6. The molecule has 0 N–H and O–H groups in total. The van der Waals surface area contributed by atoms with Gasteiger partial charge in [-0.1, -0.05) is 170 Å². The Hall–Kier alpha value is -8.48. The van der Waals surface area contributed by atoms with Crippen molar-refractivity contribution in [3.63, 3.8) is 0 Å². The molecule has 0 aliphatic heterocycles. The van der Waals surface area contributed by atoms with E-state index in [9.17, 15) is 0 Å². The average Bonchev–Trinajstić information content (AvgIpc) is 3.86. The van der Waals surface area contributed by atoms with Crippen molar-refractivity contribution < 1.29 is 0 Å². The maximum Gasteiger partial charge on any atom is 0.238 e. The fraction of sp³-hybridized carbons (Fsp3) is 0. The average molecular weight is 793 g/mol. The minimum atomic E-state index is 0.567. The van der Waals surface area contributed by atoms with Crippen LogP contribution in [-0.2, 0) is 0 Å². The molecule has 8 aromatic carbocycles. The minimum Gasteiger partial charge on any atom is -0.309 e. The fourth-order valence-electron chi connectivity index (χ4n) is 8.92. The summed E-state index contributed by atoms with van der Waals surface area (Å²) >= 11 is 0. The summed E-state index contributed by atoms with van der Waals surface area (Å²) in [7, 11) is 0. The van der Waals surface area contributed by atoms with Gasteiger partial charge in [0.05, 0.1) is 39.1 Å². The van der Waals surface area contributed by atoms with Crippen LogP contribution in [0.1, 0.15) is 0 Å². The first-order valence-corrected chi connectivity index (χ1v) is 20.8. The zero-order valence-corrected chi connectivity index (χ0v) is 33.5. The zero-order valence-electron chi connectivity index (χ0n) is 33.5. The van der Waals surface area contributed by atoms with Gasteiger partial charge in [0.2, 0.25) is 5.95 Å². The summed E-state index contributed by atoms with van der Waals surface area (Å²) in [5.41, 5.74) is 13.5. The Morgan fingerprint density at radius 2 is 0.758 bits per heavy atom. The van der Waals surface area contributed by atoms with Crippen LogP contribution >= 0.6 is 0 Å². The second-order valence-electron chi connectivity index (χ2n) is 15.5. The molecule has 0 spiro atoms. The van der Waals surface area contributed by atoms with E-state index in [2.05, 4.69) is 161 Å². The van der Waals surface area contributed by atoms with Gasteiger partial charge in [-0.05, 0) is 59.7 Å². The van der Waals surface area contributed by atoms with Gasteiger partial charge in [-0.2, -0.15) is 9.97 Å². The smallest absolute Gasteiger partial charge is 0.238 e. The quantitative estimate of drug-likeness (QED) is 0.161. The molecule has 0 amide bonds. The van der Waals surface area contributed by atoms with Crippen molar-refractivity contribution in [2.75, 3.05) is 0 Å². The van der Waals surface area contributed by atoms with Crippen LogP contribution in [0.3, 0.4) is 0 Å². The summed E-state index contributed by atoms with van der Waals surface area (Å²) in [6, 6.07) is 76.2. The van der Waals surface area contributed by atoms with Crippen molar-refractivity contribution >= 4 is 43.6 Å². The van der Waals surface area contributed by atoms with E-state index in [0.717, 1.165) is 88.5 Å². The highest BCUT2D eigenvalue weighted by atomic mass is 15.2. The molecule has 6 heteroatoms. The van der Waals surface area contributed by atoms with Gasteiger partial charge in [-0.15, -0.1) is 0 Å². The van der Waals surface area contributed by atoms with E-state index in [4.69, 9.17) is 19.9 Å². The summed E-state index contributed by atoms with van der Waals surface area (Å²) < 4.78 is 4.60. The van der Waals surface area contributed by atoms with Crippen molar-refractivity contribution in [3.8, 4) is 68.1 Å². The second kappa shape index (κ2) is 14.7. The summed E-state index contributed by atoms with van der Waals surface area (Å²) in [6.45, 7) is 0. The molecule has 4 heterocycles. The molecule has 0 bridgehead atoms. The van der Waals surface area contributed by atoms with Crippen LogP contribution in [0.4, 0.5) is 0 Å². The van der Waals surface area contributed by atoms with E-state index in [1.165, 1.54) is 5.56 Å². The van der Waals surface area contributed by atoms with Crippen molar-refractivity contribution in [1.82, 2.24) is 29.1 Å².